The van der Waals surface area contributed by atoms with Crippen LogP contribution >= 0.6 is 15.9 Å². The molecule has 10 nitrogen and oxygen atoms in total. The van der Waals surface area contributed by atoms with Gasteiger partial charge in [-0.2, -0.15) is 5.10 Å². The van der Waals surface area contributed by atoms with Crippen LogP contribution in [0.4, 0.5) is 5.69 Å². The highest BCUT2D eigenvalue weighted by Crippen LogP contribution is 2.36. The highest BCUT2D eigenvalue weighted by Gasteiger charge is 2.15. The number of nitrogens with one attached hydrogen (secondary N) is 3. The second-order valence-electron chi connectivity index (χ2n) is 7.97. The Labute approximate surface area is 228 Å². The Hall–Kier alpha value is -4.38. The van der Waals surface area contributed by atoms with Gasteiger partial charge in [0, 0.05) is 12.2 Å². The number of ether oxygens (including phenoxy) is 3. The Kier molecular flexibility index (Phi) is 10.2. The molecule has 0 aliphatic carbocycles. The Bertz CT molecular complexity index is 1310. The number of amides is 3. The molecule has 0 heterocycles. The molecule has 0 atom stereocenters. The van der Waals surface area contributed by atoms with Crippen LogP contribution in [0.1, 0.15) is 16.7 Å². The van der Waals surface area contributed by atoms with Gasteiger partial charge in [-0.15, -0.1) is 0 Å². The fourth-order valence-electron chi connectivity index (χ4n) is 3.15. The molecule has 0 saturated carbocycles. The minimum atomic E-state index is -0.916. The van der Waals surface area contributed by atoms with Gasteiger partial charge in [0.25, 0.3) is 5.91 Å². The van der Waals surface area contributed by atoms with Crippen molar-refractivity contribution >= 4 is 45.6 Å². The molecular weight excluding hydrogens is 556 g/mol. The number of aryl methyl sites for hydroxylation is 1. The van der Waals surface area contributed by atoms with E-state index < -0.39 is 11.8 Å². The summed E-state index contributed by atoms with van der Waals surface area (Å²) in [5.74, 6) is -0.719. The van der Waals surface area contributed by atoms with Crippen molar-refractivity contribution in [2.24, 2.45) is 5.10 Å². The molecule has 0 fully saturated rings. The van der Waals surface area contributed by atoms with Gasteiger partial charge >= 0.3 is 11.8 Å². The molecule has 0 spiro atoms. The maximum atomic E-state index is 12.3. The SMILES string of the molecule is COc1ccc(CNC(=O)C(=O)N/N=C\c2cc(Br)c(OCC(=O)Nc3ccc(C)cc3)c(OC)c2)cc1. The molecule has 0 aromatic heterocycles. The van der Waals surface area contributed by atoms with Crippen LogP contribution in [0, 0.1) is 6.92 Å². The maximum absolute atomic E-state index is 12.3. The van der Waals surface area contributed by atoms with E-state index in [4.69, 9.17) is 14.2 Å². The number of halogens is 1. The van der Waals surface area contributed by atoms with Crippen molar-refractivity contribution in [1.82, 2.24) is 10.7 Å². The smallest absolute Gasteiger partial charge is 0.329 e. The second-order valence-corrected chi connectivity index (χ2v) is 8.82. The van der Waals surface area contributed by atoms with Crippen LogP contribution in [0.15, 0.2) is 70.2 Å². The van der Waals surface area contributed by atoms with Gasteiger partial charge in [-0.3, -0.25) is 14.4 Å². The van der Waals surface area contributed by atoms with E-state index in [9.17, 15) is 14.4 Å². The zero-order chi connectivity index (χ0) is 27.5. The Balaban J connectivity index is 1.52. The number of nitrogens with zero attached hydrogens (tertiary/aromatic N) is 1. The Morgan fingerprint density at radius 1 is 0.947 bits per heavy atom. The fraction of sp³-hybridized carbons (Fsp3) is 0.185. The summed E-state index contributed by atoms with van der Waals surface area (Å²) in [5.41, 5.74) is 5.29. The first kappa shape index (κ1) is 28.2. The number of carbonyl (C=O) groups excluding carboxylic acids is 3. The second kappa shape index (κ2) is 13.8. The molecule has 0 aliphatic heterocycles. The quantitative estimate of drug-likeness (QED) is 0.190. The molecule has 38 heavy (non-hydrogen) atoms. The number of hydrazone groups is 1. The first-order valence-electron chi connectivity index (χ1n) is 11.4. The van der Waals surface area contributed by atoms with Crippen LogP contribution in [-0.2, 0) is 20.9 Å². The summed E-state index contributed by atoms with van der Waals surface area (Å²) in [5, 5.41) is 9.11. The topological polar surface area (TPSA) is 127 Å². The lowest BCUT2D eigenvalue weighted by molar-refractivity contribution is -0.139. The van der Waals surface area contributed by atoms with Crippen LogP contribution < -0.4 is 30.3 Å². The van der Waals surface area contributed by atoms with Gasteiger partial charge < -0.3 is 24.8 Å². The molecule has 11 heteroatoms. The van der Waals surface area contributed by atoms with Crippen molar-refractivity contribution in [3.8, 4) is 17.2 Å². The van der Waals surface area contributed by atoms with Gasteiger partial charge in [0.1, 0.15) is 5.75 Å². The lowest BCUT2D eigenvalue weighted by atomic mass is 10.2. The zero-order valence-corrected chi connectivity index (χ0v) is 22.6. The van der Waals surface area contributed by atoms with Crippen molar-refractivity contribution < 1.29 is 28.6 Å². The number of benzene rings is 3. The van der Waals surface area contributed by atoms with Crippen molar-refractivity contribution in [2.45, 2.75) is 13.5 Å². The van der Waals surface area contributed by atoms with E-state index in [1.54, 1.807) is 55.6 Å². The van der Waals surface area contributed by atoms with Crippen molar-refractivity contribution in [1.29, 1.82) is 0 Å². The third-order valence-electron chi connectivity index (χ3n) is 5.13. The molecule has 3 aromatic rings. The summed E-state index contributed by atoms with van der Waals surface area (Å²) >= 11 is 3.40. The van der Waals surface area contributed by atoms with Crippen LogP contribution in [0.3, 0.4) is 0 Å². The normalized spacial score (nSPS) is 10.5. The van der Waals surface area contributed by atoms with Gasteiger partial charge in [-0.1, -0.05) is 29.8 Å². The van der Waals surface area contributed by atoms with E-state index in [0.29, 0.717) is 33.0 Å². The van der Waals surface area contributed by atoms with E-state index >= 15 is 0 Å². The van der Waals surface area contributed by atoms with Crippen LogP contribution in [0.5, 0.6) is 17.2 Å². The lowest BCUT2D eigenvalue weighted by Crippen LogP contribution is -2.37. The summed E-state index contributed by atoms with van der Waals surface area (Å²) in [4.78, 5) is 36.4. The Morgan fingerprint density at radius 2 is 1.66 bits per heavy atom. The van der Waals surface area contributed by atoms with Gasteiger partial charge in [-0.05, 0) is 70.4 Å². The third-order valence-corrected chi connectivity index (χ3v) is 5.72. The third kappa shape index (κ3) is 8.34. The van der Waals surface area contributed by atoms with Crippen LogP contribution in [-0.4, -0.2) is 44.8 Å². The molecule has 198 valence electrons. The molecule has 0 saturated heterocycles. The fourth-order valence-corrected chi connectivity index (χ4v) is 3.72. The largest absolute Gasteiger partial charge is 0.497 e. The first-order chi connectivity index (χ1) is 18.3. The maximum Gasteiger partial charge on any atom is 0.329 e. The average Bonchev–Trinajstić information content (AvgIpc) is 2.92. The number of carbonyl (C=O) groups is 3. The number of methoxy groups -OCH3 is 2. The molecule has 0 radical (unpaired) electrons. The van der Waals surface area contributed by atoms with Crippen LogP contribution in [0.2, 0.25) is 0 Å². The van der Waals surface area contributed by atoms with E-state index in [1.165, 1.54) is 13.3 Å². The number of hydrogen-bond donors (Lipinski definition) is 3. The predicted molar refractivity (Wildman–Crippen MR) is 147 cm³/mol. The molecule has 0 aliphatic rings. The Morgan fingerprint density at radius 3 is 2.32 bits per heavy atom. The minimum Gasteiger partial charge on any atom is -0.497 e. The van der Waals surface area contributed by atoms with Gasteiger partial charge in [0.05, 0.1) is 24.9 Å². The van der Waals surface area contributed by atoms with E-state index in [-0.39, 0.29) is 19.1 Å². The summed E-state index contributed by atoms with van der Waals surface area (Å²) in [6.07, 6.45) is 1.34. The monoisotopic (exact) mass is 582 g/mol. The number of rotatable bonds is 10. The summed E-state index contributed by atoms with van der Waals surface area (Å²) in [6, 6.07) is 17.8. The van der Waals surface area contributed by atoms with E-state index in [0.717, 1.165) is 11.1 Å². The molecule has 3 amide bonds. The predicted octanol–water partition coefficient (Wildman–Crippen LogP) is 3.56. The molecule has 3 N–H and O–H groups in total. The van der Waals surface area contributed by atoms with Crippen molar-refractivity contribution in [2.75, 3.05) is 26.1 Å². The summed E-state index contributed by atoms with van der Waals surface area (Å²) < 4.78 is 16.6. The van der Waals surface area contributed by atoms with Gasteiger partial charge in [0.15, 0.2) is 18.1 Å². The lowest BCUT2D eigenvalue weighted by Gasteiger charge is -2.13. The number of anilines is 1. The van der Waals surface area contributed by atoms with E-state index in [1.807, 2.05) is 19.1 Å². The molecule has 3 aromatic carbocycles. The van der Waals surface area contributed by atoms with Crippen molar-refractivity contribution in [3.05, 3.63) is 81.8 Å². The van der Waals surface area contributed by atoms with Crippen molar-refractivity contribution in [3.63, 3.8) is 0 Å². The number of hydrogen-bond acceptors (Lipinski definition) is 7. The standard InChI is InChI=1S/C27H27BrN4O6/c1-17-4-8-20(9-5-17)31-24(33)16-38-25-22(28)12-19(13-23(25)37-3)15-30-32-27(35)26(34)29-14-18-6-10-21(36-2)11-7-18/h4-13,15H,14,16H2,1-3H3,(H,29,34)(H,31,33)(H,32,35)/b30-15-. The van der Waals surface area contributed by atoms with Crippen LogP contribution in [0.25, 0.3) is 0 Å². The average molecular weight is 583 g/mol. The van der Waals surface area contributed by atoms with E-state index in [2.05, 4.69) is 37.1 Å². The molecular formula is C27H27BrN4O6. The highest BCUT2D eigenvalue weighted by molar-refractivity contribution is 9.10. The first-order valence-corrected chi connectivity index (χ1v) is 12.2. The van der Waals surface area contributed by atoms with Gasteiger partial charge in [0.2, 0.25) is 0 Å². The zero-order valence-electron chi connectivity index (χ0n) is 21.0. The summed E-state index contributed by atoms with van der Waals surface area (Å²) in [7, 11) is 3.02. The van der Waals surface area contributed by atoms with Gasteiger partial charge in [-0.25, -0.2) is 5.43 Å². The molecule has 0 unspecified atom stereocenters. The summed E-state index contributed by atoms with van der Waals surface area (Å²) in [6.45, 7) is 1.90. The molecule has 0 bridgehead atoms. The minimum absolute atomic E-state index is 0.175. The highest BCUT2D eigenvalue weighted by atomic mass is 79.9. The molecule has 3 rings (SSSR count).